The molecule has 1 aromatic carbocycles. The van der Waals surface area contributed by atoms with Crippen molar-refractivity contribution in [2.75, 3.05) is 13.7 Å². The minimum atomic E-state index is -0.103. The molecule has 2 N–H and O–H groups in total. The van der Waals surface area contributed by atoms with Crippen LogP contribution in [-0.2, 0) is 4.74 Å². The summed E-state index contributed by atoms with van der Waals surface area (Å²) in [6, 6.07) is 7.54. The van der Waals surface area contributed by atoms with E-state index in [0.717, 1.165) is 24.0 Å². The van der Waals surface area contributed by atoms with E-state index < -0.39 is 0 Å². The van der Waals surface area contributed by atoms with Gasteiger partial charge in [0.25, 0.3) is 0 Å². The van der Waals surface area contributed by atoms with Crippen LogP contribution in [0.2, 0.25) is 5.02 Å². The highest BCUT2D eigenvalue weighted by Crippen LogP contribution is 2.29. The molecule has 1 heterocycles. The summed E-state index contributed by atoms with van der Waals surface area (Å²) >= 11 is 6.05. The number of hydrogen-bond donors (Lipinski definition) is 1. The fourth-order valence-electron chi connectivity index (χ4n) is 1.82. The van der Waals surface area contributed by atoms with Crippen LogP contribution in [0.25, 0.3) is 11.0 Å². The molecule has 17 heavy (non-hydrogen) atoms. The van der Waals surface area contributed by atoms with E-state index in [-0.39, 0.29) is 6.04 Å². The molecule has 0 saturated carbocycles. The Morgan fingerprint density at radius 2 is 2.29 bits per heavy atom. The number of fused-ring (bicyclic) bond motifs is 1. The third kappa shape index (κ3) is 2.80. The van der Waals surface area contributed by atoms with E-state index >= 15 is 0 Å². The van der Waals surface area contributed by atoms with Gasteiger partial charge in [-0.15, -0.1) is 0 Å². The first-order valence-electron chi connectivity index (χ1n) is 5.65. The maximum atomic E-state index is 6.06. The van der Waals surface area contributed by atoms with Crippen LogP contribution in [0.1, 0.15) is 24.6 Å². The SMILES string of the molecule is COCCCC(N)c1cc2cccc(Cl)c2o1. The minimum absolute atomic E-state index is 0.103. The highest BCUT2D eigenvalue weighted by molar-refractivity contribution is 6.34. The molecule has 0 fully saturated rings. The van der Waals surface area contributed by atoms with Gasteiger partial charge in [0.05, 0.1) is 11.1 Å². The van der Waals surface area contributed by atoms with Crippen molar-refractivity contribution < 1.29 is 9.15 Å². The Hall–Kier alpha value is -1.03. The molecule has 2 rings (SSSR count). The highest BCUT2D eigenvalue weighted by atomic mass is 35.5. The average molecular weight is 254 g/mol. The zero-order chi connectivity index (χ0) is 12.3. The molecule has 0 amide bonds. The molecule has 3 nitrogen and oxygen atoms in total. The second-order valence-corrected chi connectivity index (χ2v) is 4.46. The zero-order valence-corrected chi connectivity index (χ0v) is 10.5. The van der Waals surface area contributed by atoms with Crippen LogP contribution in [0.3, 0.4) is 0 Å². The van der Waals surface area contributed by atoms with E-state index in [1.807, 2.05) is 24.3 Å². The van der Waals surface area contributed by atoms with Gasteiger partial charge in [-0.2, -0.15) is 0 Å². The minimum Gasteiger partial charge on any atom is -0.458 e. The van der Waals surface area contributed by atoms with Gasteiger partial charge in [-0.3, -0.25) is 0 Å². The van der Waals surface area contributed by atoms with Gasteiger partial charge in [0.2, 0.25) is 0 Å². The molecule has 2 aromatic rings. The summed E-state index contributed by atoms with van der Waals surface area (Å²) in [7, 11) is 1.69. The van der Waals surface area contributed by atoms with E-state index in [0.29, 0.717) is 17.2 Å². The highest BCUT2D eigenvalue weighted by Gasteiger charge is 2.13. The Labute approximate surface area is 105 Å². The second-order valence-electron chi connectivity index (χ2n) is 4.05. The summed E-state index contributed by atoms with van der Waals surface area (Å²) in [5.74, 6) is 0.782. The predicted molar refractivity (Wildman–Crippen MR) is 69.3 cm³/mol. The molecule has 0 aliphatic heterocycles. The molecule has 92 valence electrons. The maximum absolute atomic E-state index is 6.06. The zero-order valence-electron chi connectivity index (χ0n) is 9.78. The summed E-state index contributed by atoms with van der Waals surface area (Å²) in [6.45, 7) is 0.717. The normalized spacial score (nSPS) is 13.1. The smallest absolute Gasteiger partial charge is 0.152 e. The van der Waals surface area contributed by atoms with Gasteiger partial charge >= 0.3 is 0 Å². The van der Waals surface area contributed by atoms with Crippen molar-refractivity contribution in [1.82, 2.24) is 0 Å². The van der Waals surface area contributed by atoms with Crippen LogP contribution in [0.5, 0.6) is 0 Å². The van der Waals surface area contributed by atoms with Crippen molar-refractivity contribution in [3.05, 3.63) is 35.0 Å². The van der Waals surface area contributed by atoms with Crippen molar-refractivity contribution in [1.29, 1.82) is 0 Å². The molecule has 1 unspecified atom stereocenters. The molecule has 1 atom stereocenters. The fourth-order valence-corrected chi connectivity index (χ4v) is 2.04. The van der Waals surface area contributed by atoms with Crippen molar-refractivity contribution >= 4 is 22.6 Å². The Kier molecular flexibility index (Phi) is 4.05. The van der Waals surface area contributed by atoms with Crippen LogP contribution < -0.4 is 5.73 Å². The summed E-state index contributed by atoms with van der Waals surface area (Å²) in [4.78, 5) is 0. The monoisotopic (exact) mass is 253 g/mol. The summed E-state index contributed by atoms with van der Waals surface area (Å²) in [5, 5.41) is 1.62. The molecular weight excluding hydrogens is 238 g/mol. The number of hydrogen-bond acceptors (Lipinski definition) is 3. The van der Waals surface area contributed by atoms with E-state index in [4.69, 9.17) is 26.5 Å². The van der Waals surface area contributed by atoms with Gasteiger partial charge in [0.15, 0.2) is 5.58 Å². The lowest BCUT2D eigenvalue weighted by molar-refractivity contribution is 0.189. The first-order valence-corrected chi connectivity index (χ1v) is 6.02. The number of halogens is 1. The number of benzene rings is 1. The Morgan fingerprint density at radius 1 is 1.47 bits per heavy atom. The number of ether oxygens (including phenoxy) is 1. The summed E-state index contributed by atoms with van der Waals surface area (Å²) in [5.41, 5.74) is 6.77. The van der Waals surface area contributed by atoms with Gasteiger partial charge in [-0.25, -0.2) is 0 Å². The van der Waals surface area contributed by atoms with Gasteiger partial charge in [-0.1, -0.05) is 23.7 Å². The largest absolute Gasteiger partial charge is 0.458 e. The van der Waals surface area contributed by atoms with E-state index in [1.165, 1.54) is 0 Å². The van der Waals surface area contributed by atoms with Crippen LogP contribution >= 0.6 is 11.6 Å². The number of nitrogens with two attached hydrogens (primary N) is 1. The van der Waals surface area contributed by atoms with Crippen LogP contribution in [-0.4, -0.2) is 13.7 Å². The molecular formula is C13H16ClNO2. The first kappa shape index (κ1) is 12.4. The molecule has 0 radical (unpaired) electrons. The third-order valence-electron chi connectivity index (χ3n) is 2.74. The van der Waals surface area contributed by atoms with E-state index in [2.05, 4.69) is 0 Å². The fraction of sp³-hybridized carbons (Fsp3) is 0.385. The number of rotatable bonds is 5. The van der Waals surface area contributed by atoms with E-state index in [9.17, 15) is 0 Å². The topological polar surface area (TPSA) is 48.4 Å². The van der Waals surface area contributed by atoms with Gasteiger partial charge in [0, 0.05) is 19.1 Å². The molecule has 4 heteroatoms. The summed E-state index contributed by atoms with van der Waals surface area (Å²) < 4.78 is 10.7. The van der Waals surface area contributed by atoms with E-state index in [1.54, 1.807) is 7.11 Å². The molecule has 0 spiro atoms. The molecule has 0 aliphatic rings. The van der Waals surface area contributed by atoms with Crippen molar-refractivity contribution in [2.45, 2.75) is 18.9 Å². The molecule has 0 bridgehead atoms. The average Bonchev–Trinajstić information content (AvgIpc) is 2.75. The number of furan rings is 1. The predicted octanol–water partition coefficient (Wildman–Crippen LogP) is 3.51. The number of para-hydroxylation sites is 1. The Morgan fingerprint density at radius 3 is 3.00 bits per heavy atom. The van der Waals surface area contributed by atoms with Gasteiger partial charge in [0.1, 0.15) is 5.76 Å². The quantitative estimate of drug-likeness (QED) is 0.830. The standard InChI is InChI=1S/C13H16ClNO2/c1-16-7-3-6-11(15)12-8-9-4-2-5-10(14)13(9)17-12/h2,4-5,8,11H,3,6-7,15H2,1H3. The van der Waals surface area contributed by atoms with Crippen molar-refractivity contribution in [3.63, 3.8) is 0 Å². The first-order chi connectivity index (χ1) is 8.22. The van der Waals surface area contributed by atoms with Crippen molar-refractivity contribution in [2.24, 2.45) is 5.73 Å². The van der Waals surface area contributed by atoms with Gasteiger partial charge < -0.3 is 14.9 Å². The Balaban J connectivity index is 2.16. The number of methoxy groups -OCH3 is 1. The maximum Gasteiger partial charge on any atom is 0.152 e. The lowest BCUT2D eigenvalue weighted by Gasteiger charge is -2.07. The van der Waals surface area contributed by atoms with Crippen LogP contribution in [0, 0.1) is 0 Å². The van der Waals surface area contributed by atoms with Crippen LogP contribution in [0.15, 0.2) is 28.7 Å². The lowest BCUT2D eigenvalue weighted by atomic mass is 10.1. The second kappa shape index (κ2) is 5.54. The summed E-state index contributed by atoms with van der Waals surface area (Å²) in [6.07, 6.45) is 1.76. The molecule has 0 saturated heterocycles. The van der Waals surface area contributed by atoms with Crippen LogP contribution in [0.4, 0.5) is 0 Å². The van der Waals surface area contributed by atoms with Gasteiger partial charge in [-0.05, 0) is 25.0 Å². The third-order valence-corrected chi connectivity index (χ3v) is 3.04. The van der Waals surface area contributed by atoms with Crippen molar-refractivity contribution in [3.8, 4) is 0 Å². The molecule has 0 aliphatic carbocycles. The molecule has 1 aromatic heterocycles. The Bertz CT molecular complexity index is 495. The lowest BCUT2D eigenvalue weighted by Crippen LogP contribution is -2.09.